The van der Waals surface area contributed by atoms with Gasteiger partial charge >= 0.3 is 0 Å². The first-order valence-corrected chi connectivity index (χ1v) is 8.00. The predicted octanol–water partition coefficient (Wildman–Crippen LogP) is 2.69. The van der Waals surface area contributed by atoms with Gasteiger partial charge in [-0.3, -0.25) is 9.36 Å². The van der Waals surface area contributed by atoms with Crippen LogP contribution in [0.3, 0.4) is 0 Å². The molecule has 0 bridgehead atoms. The number of hydrogen-bond acceptors (Lipinski definition) is 5. The second-order valence-electron chi connectivity index (χ2n) is 5.76. The minimum Gasteiger partial charge on any atom is -0.347 e. The summed E-state index contributed by atoms with van der Waals surface area (Å²) in [4.78, 5) is 21.7. The van der Waals surface area contributed by atoms with Gasteiger partial charge in [-0.15, -0.1) is 0 Å². The molecule has 1 atom stereocenters. The first-order valence-electron chi connectivity index (χ1n) is 8.00. The van der Waals surface area contributed by atoms with Gasteiger partial charge in [0.1, 0.15) is 17.2 Å². The molecule has 6 heteroatoms. The fourth-order valence-electron chi connectivity index (χ4n) is 2.78. The van der Waals surface area contributed by atoms with Crippen molar-refractivity contribution >= 4 is 17.7 Å². The van der Waals surface area contributed by atoms with Crippen LogP contribution in [0.1, 0.15) is 5.69 Å². The van der Waals surface area contributed by atoms with Gasteiger partial charge in [0.05, 0.1) is 6.21 Å². The van der Waals surface area contributed by atoms with Crippen LogP contribution in [-0.4, -0.2) is 22.1 Å². The Bertz CT molecular complexity index is 980. The summed E-state index contributed by atoms with van der Waals surface area (Å²) in [5.74, 6) is 0.646. The van der Waals surface area contributed by atoms with E-state index in [2.05, 4.69) is 20.6 Å². The normalized spacial score (nSPS) is 15.3. The number of benzene rings is 2. The molecule has 124 valence electrons. The smallest absolute Gasteiger partial charge is 0.278 e. The maximum atomic E-state index is 12.7. The molecular weight excluding hydrogens is 314 g/mol. The van der Waals surface area contributed by atoms with Crippen LogP contribution >= 0.6 is 0 Å². The number of nitrogens with one attached hydrogen (secondary N) is 2. The first-order chi connectivity index (χ1) is 12.2. The highest BCUT2D eigenvalue weighted by Crippen LogP contribution is 2.20. The van der Waals surface area contributed by atoms with E-state index in [-0.39, 0.29) is 11.8 Å². The van der Waals surface area contributed by atoms with E-state index in [1.54, 1.807) is 17.8 Å². The SMILES string of the molecule is Cn1c2c(nc(-c3ccccc3)c1=O)C=NC(Nc1ccccc1)N2. The van der Waals surface area contributed by atoms with Crippen molar-refractivity contribution in [3.63, 3.8) is 0 Å². The molecule has 0 aliphatic carbocycles. The van der Waals surface area contributed by atoms with Crippen molar-refractivity contribution in [2.24, 2.45) is 12.0 Å². The molecule has 1 aromatic heterocycles. The van der Waals surface area contributed by atoms with Gasteiger partial charge in [0, 0.05) is 18.3 Å². The Hall–Kier alpha value is -3.41. The molecule has 1 unspecified atom stereocenters. The lowest BCUT2D eigenvalue weighted by Gasteiger charge is -2.24. The van der Waals surface area contributed by atoms with Crippen molar-refractivity contribution in [3.05, 3.63) is 76.7 Å². The second-order valence-corrected chi connectivity index (χ2v) is 5.76. The molecule has 2 heterocycles. The summed E-state index contributed by atoms with van der Waals surface area (Å²) >= 11 is 0. The van der Waals surface area contributed by atoms with Crippen molar-refractivity contribution in [2.45, 2.75) is 6.29 Å². The molecule has 2 N–H and O–H groups in total. The average molecular weight is 331 g/mol. The number of rotatable bonds is 3. The largest absolute Gasteiger partial charge is 0.347 e. The highest BCUT2D eigenvalue weighted by molar-refractivity contribution is 5.87. The molecule has 4 rings (SSSR count). The summed E-state index contributed by atoms with van der Waals surface area (Å²) < 4.78 is 1.58. The summed E-state index contributed by atoms with van der Waals surface area (Å²) in [5.41, 5.74) is 2.66. The maximum absolute atomic E-state index is 12.7. The molecule has 2 aromatic carbocycles. The molecule has 0 amide bonds. The fourth-order valence-corrected chi connectivity index (χ4v) is 2.78. The van der Waals surface area contributed by atoms with Gasteiger partial charge < -0.3 is 10.6 Å². The van der Waals surface area contributed by atoms with Gasteiger partial charge in [0.2, 0.25) is 0 Å². The molecule has 0 fully saturated rings. The lowest BCUT2D eigenvalue weighted by atomic mass is 10.1. The van der Waals surface area contributed by atoms with Crippen LogP contribution in [0.25, 0.3) is 11.3 Å². The molecule has 0 saturated heterocycles. The third-order valence-corrected chi connectivity index (χ3v) is 4.06. The van der Waals surface area contributed by atoms with Gasteiger partial charge in [0.25, 0.3) is 5.56 Å². The Morgan fingerprint density at radius 3 is 2.44 bits per heavy atom. The average Bonchev–Trinajstić information content (AvgIpc) is 2.66. The quantitative estimate of drug-likeness (QED) is 0.774. The van der Waals surface area contributed by atoms with E-state index < -0.39 is 0 Å². The molecular formula is C19H17N5O. The van der Waals surface area contributed by atoms with Crippen LogP contribution in [-0.2, 0) is 7.05 Å². The van der Waals surface area contributed by atoms with E-state index in [0.29, 0.717) is 17.2 Å². The first kappa shape index (κ1) is 15.1. The second kappa shape index (κ2) is 6.24. The van der Waals surface area contributed by atoms with Crippen LogP contribution in [0, 0.1) is 0 Å². The molecule has 25 heavy (non-hydrogen) atoms. The van der Waals surface area contributed by atoms with Crippen LogP contribution < -0.4 is 16.2 Å². The van der Waals surface area contributed by atoms with Crippen molar-refractivity contribution in [3.8, 4) is 11.3 Å². The zero-order valence-corrected chi connectivity index (χ0v) is 13.7. The Morgan fingerprint density at radius 2 is 1.72 bits per heavy atom. The van der Waals surface area contributed by atoms with Crippen LogP contribution in [0.4, 0.5) is 11.5 Å². The minimum absolute atomic E-state index is 0.147. The van der Waals surface area contributed by atoms with E-state index >= 15 is 0 Å². The van der Waals surface area contributed by atoms with Gasteiger partial charge in [-0.25, -0.2) is 9.98 Å². The number of fused-ring (bicyclic) bond motifs is 1. The maximum Gasteiger partial charge on any atom is 0.278 e. The molecule has 1 aliphatic heterocycles. The van der Waals surface area contributed by atoms with Crippen molar-refractivity contribution < 1.29 is 0 Å². The third-order valence-electron chi connectivity index (χ3n) is 4.06. The monoisotopic (exact) mass is 331 g/mol. The van der Waals surface area contributed by atoms with Gasteiger partial charge in [-0.05, 0) is 12.1 Å². The van der Waals surface area contributed by atoms with E-state index in [9.17, 15) is 4.79 Å². The summed E-state index contributed by atoms with van der Waals surface area (Å²) in [6.45, 7) is 0. The molecule has 0 radical (unpaired) electrons. The predicted molar refractivity (Wildman–Crippen MR) is 100.0 cm³/mol. The lowest BCUT2D eigenvalue weighted by Crippen LogP contribution is -2.35. The topological polar surface area (TPSA) is 71.3 Å². The van der Waals surface area contributed by atoms with Crippen LogP contribution in [0.2, 0.25) is 0 Å². The molecule has 1 aliphatic rings. The third kappa shape index (κ3) is 2.89. The van der Waals surface area contributed by atoms with Crippen LogP contribution in [0.15, 0.2) is 70.5 Å². The highest BCUT2D eigenvalue weighted by atomic mass is 16.1. The molecule has 3 aromatic rings. The van der Waals surface area contributed by atoms with Gasteiger partial charge in [-0.1, -0.05) is 48.5 Å². The van der Waals surface area contributed by atoms with Gasteiger partial charge in [-0.2, -0.15) is 0 Å². The molecule has 6 nitrogen and oxygen atoms in total. The zero-order chi connectivity index (χ0) is 17.2. The number of nitrogens with zero attached hydrogens (tertiary/aromatic N) is 3. The Labute approximate surface area is 144 Å². The number of anilines is 2. The Morgan fingerprint density at radius 1 is 1.04 bits per heavy atom. The number of para-hydroxylation sites is 1. The number of hydrogen-bond donors (Lipinski definition) is 2. The fraction of sp³-hybridized carbons (Fsp3) is 0.105. The summed E-state index contributed by atoms with van der Waals surface area (Å²) in [6, 6.07) is 19.2. The highest BCUT2D eigenvalue weighted by Gasteiger charge is 2.20. The zero-order valence-electron chi connectivity index (χ0n) is 13.7. The van der Waals surface area contributed by atoms with Crippen molar-refractivity contribution in [2.75, 3.05) is 10.6 Å². The lowest BCUT2D eigenvalue weighted by molar-refractivity contribution is 0.782. The Kier molecular flexibility index (Phi) is 3.78. The van der Waals surface area contributed by atoms with E-state index in [4.69, 9.17) is 0 Å². The van der Waals surface area contributed by atoms with Crippen LogP contribution in [0.5, 0.6) is 0 Å². The number of aromatic nitrogens is 2. The summed E-state index contributed by atoms with van der Waals surface area (Å²) in [5, 5.41) is 6.49. The van der Waals surface area contributed by atoms with Crippen molar-refractivity contribution in [1.82, 2.24) is 9.55 Å². The van der Waals surface area contributed by atoms with E-state index in [0.717, 1.165) is 11.3 Å². The summed E-state index contributed by atoms with van der Waals surface area (Å²) in [6.07, 6.45) is 1.34. The summed E-state index contributed by atoms with van der Waals surface area (Å²) in [7, 11) is 1.74. The van der Waals surface area contributed by atoms with E-state index in [1.165, 1.54) is 0 Å². The molecule has 0 spiro atoms. The number of aliphatic imine (C=N–C) groups is 1. The van der Waals surface area contributed by atoms with E-state index in [1.807, 2.05) is 60.7 Å². The minimum atomic E-state index is -0.357. The standard InChI is InChI=1S/C19H17N5O/c1-24-17-15(22-16(18(24)25)13-8-4-2-5-9-13)12-20-19(23-17)21-14-10-6-3-7-11-14/h2-12,19,21,23H,1H3. The molecule has 0 saturated carbocycles. The Balaban J connectivity index is 1.69. The van der Waals surface area contributed by atoms with Crippen molar-refractivity contribution in [1.29, 1.82) is 0 Å². The van der Waals surface area contributed by atoms with Gasteiger partial charge in [0.15, 0.2) is 6.29 Å².